The Morgan fingerprint density at radius 2 is 1.78 bits per heavy atom. The summed E-state index contributed by atoms with van der Waals surface area (Å²) in [7, 11) is 3.46. The van der Waals surface area contributed by atoms with Gasteiger partial charge in [-0.05, 0) is 102 Å². The maximum absolute atomic E-state index is 14.0. The molecule has 0 spiro atoms. The lowest BCUT2D eigenvalue weighted by molar-refractivity contribution is -0.150. The van der Waals surface area contributed by atoms with Gasteiger partial charge in [-0.2, -0.15) is 0 Å². The van der Waals surface area contributed by atoms with E-state index in [1.807, 2.05) is 69.4 Å². The molecule has 5 atom stereocenters. The Labute approximate surface area is 302 Å². The molecule has 0 N–H and O–H groups in total. The Morgan fingerprint density at radius 1 is 1.00 bits per heavy atom. The van der Waals surface area contributed by atoms with Gasteiger partial charge in [0.1, 0.15) is 23.4 Å². The largest absolute Gasteiger partial charge is 0.496 e. The molecule has 9 nitrogen and oxygen atoms in total. The van der Waals surface area contributed by atoms with Crippen LogP contribution in [-0.4, -0.2) is 65.9 Å². The van der Waals surface area contributed by atoms with Crippen LogP contribution in [0.2, 0.25) is 0 Å². The molecule has 0 aliphatic heterocycles. The van der Waals surface area contributed by atoms with Gasteiger partial charge < -0.3 is 19.1 Å². The van der Waals surface area contributed by atoms with Gasteiger partial charge >= 0.3 is 5.97 Å². The molecule has 3 aromatic rings. The van der Waals surface area contributed by atoms with Crippen LogP contribution in [0.4, 0.5) is 0 Å². The lowest BCUT2D eigenvalue weighted by atomic mass is 9.87. The zero-order valence-corrected chi connectivity index (χ0v) is 30.9. The van der Waals surface area contributed by atoms with E-state index in [1.54, 1.807) is 18.9 Å². The number of esters is 1. The van der Waals surface area contributed by atoms with Crippen molar-refractivity contribution in [3.8, 4) is 22.9 Å². The predicted molar refractivity (Wildman–Crippen MR) is 200 cm³/mol. The zero-order valence-electron chi connectivity index (χ0n) is 30.9. The van der Waals surface area contributed by atoms with E-state index in [9.17, 15) is 14.4 Å². The van der Waals surface area contributed by atoms with E-state index < -0.39 is 17.3 Å². The molecule has 2 fully saturated rings. The number of amides is 1. The molecule has 5 rings (SSSR count). The Hall–Kier alpha value is -4.53. The maximum Gasteiger partial charge on any atom is 0.312 e. The summed E-state index contributed by atoms with van der Waals surface area (Å²) in [6.45, 7) is 14.4. The summed E-state index contributed by atoms with van der Waals surface area (Å²) in [5.41, 5.74) is 3.31. The van der Waals surface area contributed by atoms with Gasteiger partial charge in [0.15, 0.2) is 0 Å². The standard InChI is InChI=1S/C42H53N3O6/c1-8-11-12-13-22-45(6)40(47)33-24-30(23-32(33)36(46)18-15-21-42(26-29(42)9-2)41(48)50-10-3)51-38-25-35(34-17-14-16-27(4)43-34)44-39-28(5)37(49-7)20-19-31(38)39/h8-9,14,16-17,19-20,25,29-30,32-33H,1-2,10-13,15,18,21-24,26H2,3-7H3/t29-,30-,32-,33-,42?/m1/s1. The van der Waals surface area contributed by atoms with Crippen molar-refractivity contribution in [1.82, 2.24) is 14.9 Å². The summed E-state index contributed by atoms with van der Waals surface area (Å²) in [6, 6.07) is 11.6. The fourth-order valence-corrected chi connectivity index (χ4v) is 7.75. The number of aromatic nitrogens is 2. The number of fused-ring (bicyclic) bond motifs is 1. The van der Waals surface area contributed by atoms with Crippen molar-refractivity contribution >= 4 is 28.6 Å². The van der Waals surface area contributed by atoms with Gasteiger partial charge in [0.05, 0.1) is 42.0 Å². The van der Waals surface area contributed by atoms with E-state index in [-0.39, 0.29) is 36.1 Å². The molecule has 2 saturated carbocycles. The van der Waals surface area contributed by atoms with Gasteiger partial charge in [0.25, 0.3) is 0 Å². The molecule has 1 unspecified atom stereocenters. The van der Waals surface area contributed by atoms with E-state index in [2.05, 4.69) is 13.2 Å². The molecule has 2 aliphatic rings. The minimum absolute atomic E-state index is 0.0280. The van der Waals surface area contributed by atoms with Crippen LogP contribution in [0.15, 0.2) is 61.7 Å². The number of aryl methyl sites for hydroxylation is 2. The van der Waals surface area contributed by atoms with Crippen LogP contribution in [0.25, 0.3) is 22.3 Å². The minimum Gasteiger partial charge on any atom is -0.496 e. The molecule has 1 amide bonds. The topological polar surface area (TPSA) is 108 Å². The smallest absolute Gasteiger partial charge is 0.312 e. The first-order valence-electron chi connectivity index (χ1n) is 18.3. The summed E-state index contributed by atoms with van der Waals surface area (Å²) in [6.07, 6.45) is 8.99. The Bertz CT molecular complexity index is 1770. The van der Waals surface area contributed by atoms with E-state index in [4.69, 9.17) is 24.2 Å². The lowest BCUT2D eigenvalue weighted by Crippen LogP contribution is -2.37. The quantitative estimate of drug-likeness (QED) is 0.0749. The highest BCUT2D eigenvalue weighted by molar-refractivity contribution is 5.92. The van der Waals surface area contributed by atoms with Crippen molar-refractivity contribution in [2.75, 3.05) is 27.3 Å². The van der Waals surface area contributed by atoms with Crippen LogP contribution >= 0.6 is 0 Å². The van der Waals surface area contributed by atoms with Gasteiger partial charge in [-0.25, -0.2) is 4.98 Å². The number of benzene rings is 1. The first-order valence-corrected chi connectivity index (χ1v) is 18.3. The minimum atomic E-state index is -0.590. The van der Waals surface area contributed by atoms with Crippen molar-refractivity contribution in [3.63, 3.8) is 0 Å². The highest BCUT2D eigenvalue weighted by Gasteiger charge is 2.59. The molecule has 2 heterocycles. The monoisotopic (exact) mass is 695 g/mol. The first kappa shape index (κ1) is 37.7. The number of nitrogens with zero attached hydrogens (tertiary/aromatic N) is 3. The summed E-state index contributed by atoms with van der Waals surface area (Å²) in [5.74, 6) is 0.239. The van der Waals surface area contributed by atoms with Crippen molar-refractivity contribution in [2.24, 2.45) is 23.2 Å². The first-order chi connectivity index (χ1) is 24.6. The second kappa shape index (κ2) is 16.7. The average molecular weight is 696 g/mol. The zero-order chi connectivity index (χ0) is 36.7. The van der Waals surface area contributed by atoms with Gasteiger partial charge in [-0.3, -0.25) is 19.4 Å². The van der Waals surface area contributed by atoms with Gasteiger partial charge in [0.2, 0.25) is 5.91 Å². The van der Waals surface area contributed by atoms with Crippen molar-refractivity contribution < 1.29 is 28.6 Å². The molecule has 0 saturated heterocycles. The second-order valence-electron chi connectivity index (χ2n) is 14.2. The number of carbonyl (C=O) groups is 3. The fourth-order valence-electron chi connectivity index (χ4n) is 7.75. The van der Waals surface area contributed by atoms with E-state index in [0.717, 1.165) is 52.9 Å². The van der Waals surface area contributed by atoms with Gasteiger partial charge in [-0.15, -0.1) is 13.2 Å². The van der Waals surface area contributed by atoms with Crippen LogP contribution in [0, 0.1) is 37.0 Å². The highest BCUT2D eigenvalue weighted by Crippen LogP contribution is 2.57. The third-order valence-corrected chi connectivity index (χ3v) is 10.7. The number of carbonyl (C=O) groups excluding carboxylic acids is 3. The third kappa shape index (κ3) is 8.35. The fraction of sp³-hybridized carbons (Fsp3) is 0.500. The van der Waals surface area contributed by atoms with Gasteiger partial charge in [0, 0.05) is 48.6 Å². The highest BCUT2D eigenvalue weighted by atomic mass is 16.5. The van der Waals surface area contributed by atoms with Gasteiger partial charge in [-0.1, -0.05) is 18.2 Å². The van der Waals surface area contributed by atoms with Crippen LogP contribution in [0.3, 0.4) is 0 Å². The second-order valence-corrected chi connectivity index (χ2v) is 14.2. The molecule has 51 heavy (non-hydrogen) atoms. The van der Waals surface area contributed by atoms with Crippen molar-refractivity contribution in [1.29, 1.82) is 0 Å². The number of Topliss-reactive ketones (excluding diaryl/α,β-unsaturated/α-hetero) is 1. The number of ketones is 1. The van der Waals surface area contributed by atoms with Crippen LogP contribution in [0.1, 0.15) is 76.0 Å². The van der Waals surface area contributed by atoms with Crippen molar-refractivity contribution in [2.45, 2.75) is 84.7 Å². The number of pyridine rings is 2. The summed E-state index contributed by atoms with van der Waals surface area (Å²) < 4.78 is 17.8. The maximum atomic E-state index is 14.0. The molecule has 272 valence electrons. The number of methoxy groups -OCH3 is 1. The number of allylic oxidation sites excluding steroid dienone is 2. The van der Waals surface area contributed by atoms with Crippen molar-refractivity contribution in [3.05, 3.63) is 73.0 Å². The Kier molecular flexibility index (Phi) is 12.3. The molecular formula is C42H53N3O6. The molecule has 1 aromatic carbocycles. The van der Waals surface area contributed by atoms with E-state index in [1.165, 1.54) is 0 Å². The average Bonchev–Trinajstić information content (AvgIpc) is 3.70. The SMILES string of the molecule is C=CCCCCN(C)C(=O)[C@@H]1C[C@H](Oc2cc(-c3cccc(C)n3)nc3c(C)c(OC)ccc23)C[C@H]1C(=O)CCCC1(C(=O)OCC)C[C@H]1C=C. The summed E-state index contributed by atoms with van der Waals surface area (Å²) >= 11 is 0. The number of rotatable bonds is 18. The van der Waals surface area contributed by atoms with Crippen LogP contribution < -0.4 is 9.47 Å². The predicted octanol–water partition coefficient (Wildman–Crippen LogP) is 8.01. The van der Waals surface area contributed by atoms with Crippen LogP contribution in [-0.2, 0) is 19.1 Å². The Morgan fingerprint density at radius 3 is 2.47 bits per heavy atom. The molecule has 2 aliphatic carbocycles. The van der Waals surface area contributed by atoms with E-state index >= 15 is 0 Å². The lowest BCUT2D eigenvalue weighted by Gasteiger charge is -2.24. The molecule has 9 heteroatoms. The number of ether oxygens (including phenoxy) is 3. The number of unbranched alkanes of at least 4 members (excludes halogenated alkanes) is 2. The van der Waals surface area contributed by atoms with Crippen LogP contribution in [0.5, 0.6) is 11.5 Å². The normalized spacial score (nSPS) is 22.3. The Balaban J connectivity index is 1.40. The molecule has 0 radical (unpaired) electrons. The molecule has 0 bridgehead atoms. The number of hydrogen-bond donors (Lipinski definition) is 0. The molecule has 2 aromatic heterocycles. The number of hydrogen-bond acceptors (Lipinski definition) is 8. The summed E-state index contributed by atoms with van der Waals surface area (Å²) in [4.78, 5) is 52.3. The molecular weight excluding hydrogens is 642 g/mol. The van der Waals surface area contributed by atoms with E-state index in [0.29, 0.717) is 56.7 Å². The third-order valence-electron chi connectivity index (χ3n) is 10.7. The summed E-state index contributed by atoms with van der Waals surface area (Å²) in [5, 5.41) is 0.826.